The van der Waals surface area contributed by atoms with E-state index in [1.807, 2.05) is 48.4 Å². The molecule has 1 aliphatic heterocycles. The molecule has 1 amide bonds. The number of piperidine rings is 1. The molecule has 122 valence electrons. The molecule has 0 bridgehead atoms. The number of likely N-dealkylation sites (tertiary alicyclic amines) is 1. The van der Waals surface area contributed by atoms with E-state index in [9.17, 15) is 4.79 Å². The van der Waals surface area contributed by atoms with Gasteiger partial charge in [0.25, 0.3) is 5.91 Å². The highest BCUT2D eigenvalue weighted by molar-refractivity contribution is 7.13. The Morgan fingerprint density at radius 2 is 2.17 bits per heavy atom. The van der Waals surface area contributed by atoms with Gasteiger partial charge >= 0.3 is 0 Å². The predicted octanol–water partition coefficient (Wildman–Crippen LogP) is 3.76. The van der Waals surface area contributed by atoms with E-state index >= 15 is 0 Å². The molecule has 1 fully saturated rings. The Morgan fingerprint density at radius 3 is 2.83 bits per heavy atom. The van der Waals surface area contributed by atoms with Crippen molar-refractivity contribution in [2.75, 3.05) is 19.7 Å². The lowest BCUT2D eigenvalue weighted by molar-refractivity contribution is 0.00724. The van der Waals surface area contributed by atoms with Crippen LogP contribution in [-0.4, -0.2) is 41.6 Å². The minimum atomic E-state index is 0.0938. The number of thiazole rings is 1. The molecule has 0 spiro atoms. The van der Waals surface area contributed by atoms with Crippen LogP contribution in [0.1, 0.15) is 35.8 Å². The first-order valence-electron chi connectivity index (χ1n) is 8.11. The molecule has 1 aliphatic rings. The van der Waals surface area contributed by atoms with Crippen molar-refractivity contribution in [1.82, 2.24) is 9.88 Å². The average molecular weight is 330 g/mol. The Hall–Kier alpha value is -1.72. The zero-order valence-corrected chi connectivity index (χ0v) is 14.4. The van der Waals surface area contributed by atoms with Crippen LogP contribution >= 0.6 is 11.3 Å². The molecular formula is C18H22N2O2S. The van der Waals surface area contributed by atoms with Crippen LogP contribution in [0, 0.1) is 6.92 Å². The van der Waals surface area contributed by atoms with E-state index < -0.39 is 0 Å². The van der Waals surface area contributed by atoms with Crippen LogP contribution in [0.15, 0.2) is 29.6 Å². The maximum absolute atomic E-state index is 12.7. The summed E-state index contributed by atoms with van der Waals surface area (Å²) in [5.41, 5.74) is 2.82. The first kappa shape index (κ1) is 16.1. The van der Waals surface area contributed by atoms with Gasteiger partial charge in [0.15, 0.2) is 0 Å². The average Bonchev–Trinajstić information content (AvgIpc) is 3.01. The molecule has 2 heterocycles. The van der Waals surface area contributed by atoms with Gasteiger partial charge in [-0.05, 0) is 38.8 Å². The second-order valence-electron chi connectivity index (χ2n) is 5.84. The smallest absolute Gasteiger partial charge is 0.253 e. The summed E-state index contributed by atoms with van der Waals surface area (Å²) in [6, 6.07) is 7.77. The molecule has 5 heteroatoms. The molecule has 1 aromatic carbocycles. The number of ether oxygens (including phenoxy) is 1. The number of amides is 1. The lowest BCUT2D eigenvalue weighted by Crippen LogP contribution is -2.43. The Kier molecular flexibility index (Phi) is 5.08. The number of carbonyl (C=O) groups excluding carboxylic acids is 1. The van der Waals surface area contributed by atoms with E-state index in [0.29, 0.717) is 13.2 Å². The van der Waals surface area contributed by atoms with Crippen molar-refractivity contribution in [2.45, 2.75) is 32.8 Å². The summed E-state index contributed by atoms with van der Waals surface area (Å²) in [5.74, 6) is 0.0938. The number of hydrogen-bond donors (Lipinski definition) is 0. The summed E-state index contributed by atoms with van der Waals surface area (Å²) < 4.78 is 5.68. The van der Waals surface area contributed by atoms with Crippen LogP contribution in [-0.2, 0) is 4.74 Å². The molecule has 0 radical (unpaired) electrons. The highest BCUT2D eigenvalue weighted by atomic mass is 32.1. The van der Waals surface area contributed by atoms with Crippen LogP contribution < -0.4 is 0 Å². The summed E-state index contributed by atoms with van der Waals surface area (Å²) in [6.07, 6.45) is 2.22. The molecule has 23 heavy (non-hydrogen) atoms. The normalized spacial score (nSPS) is 18.2. The van der Waals surface area contributed by atoms with Crippen LogP contribution in [0.4, 0.5) is 0 Å². The summed E-state index contributed by atoms with van der Waals surface area (Å²) in [5, 5.41) is 3.03. The summed E-state index contributed by atoms with van der Waals surface area (Å²) >= 11 is 1.63. The Morgan fingerprint density at radius 1 is 1.39 bits per heavy atom. The van der Waals surface area contributed by atoms with E-state index in [0.717, 1.165) is 41.2 Å². The number of hydrogen-bond acceptors (Lipinski definition) is 4. The van der Waals surface area contributed by atoms with Gasteiger partial charge in [0.2, 0.25) is 0 Å². The zero-order chi connectivity index (χ0) is 16.2. The second-order valence-corrected chi connectivity index (χ2v) is 6.70. The van der Waals surface area contributed by atoms with Gasteiger partial charge in [-0.3, -0.25) is 4.79 Å². The van der Waals surface area contributed by atoms with E-state index in [4.69, 9.17) is 4.74 Å². The third-order valence-electron chi connectivity index (χ3n) is 4.07. The largest absolute Gasteiger partial charge is 0.377 e. The SMILES string of the molecule is CCO[C@@H]1CCCN(C(=O)c2ccc(-c3nc(C)cs3)cc2)C1. The third kappa shape index (κ3) is 3.79. The number of nitrogens with zero attached hydrogens (tertiary/aromatic N) is 2. The van der Waals surface area contributed by atoms with Gasteiger partial charge in [-0.25, -0.2) is 4.98 Å². The highest BCUT2D eigenvalue weighted by Crippen LogP contribution is 2.24. The summed E-state index contributed by atoms with van der Waals surface area (Å²) in [7, 11) is 0. The fraction of sp³-hybridized carbons (Fsp3) is 0.444. The van der Waals surface area contributed by atoms with Crippen molar-refractivity contribution in [3.05, 3.63) is 40.9 Å². The molecule has 0 N–H and O–H groups in total. The van der Waals surface area contributed by atoms with Crippen molar-refractivity contribution in [3.63, 3.8) is 0 Å². The zero-order valence-electron chi connectivity index (χ0n) is 13.6. The molecule has 0 saturated carbocycles. The van der Waals surface area contributed by atoms with Gasteiger partial charge < -0.3 is 9.64 Å². The van der Waals surface area contributed by atoms with Gasteiger partial charge in [-0.2, -0.15) is 0 Å². The lowest BCUT2D eigenvalue weighted by atomic mass is 10.1. The molecule has 4 nitrogen and oxygen atoms in total. The van der Waals surface area contributed by atoms with Crippen molar-refractivity contribution in [1.29, 1.82) is 0 Å². The lowest BCUT2D eigenvalue weighted by Gasteiger charge is -2.32. The molecule has 2 aromatic rings. The standard InChI is InChI=1S/C18H22N2O2S/c1-3-22-16-5-4-10-20(11-16)18(21)15-8-6-14(7-9-15)17-19-13(2)12-23-17/h6-9,12,16H,3-5,10-11H2,1-2H3/t16-/m1/s1. The molecule has 1 aromatic heterocycles. The first-order chi connectivity index (χ1) is 11.2. The van der Waals surface area contributed by atoms with Gasteiger partial charge in [-0.15, -0.1) is 11.3 Å². The summed E-state index contributed by atoms with van der Waals surface area (Å²) in [6.45, 7) is 6.20. The van der Waals surface area contributed by atoms with Gasteiger partial charge in [0.1, 0.15) is 5.01 Å². The number of carbonyl (C=O) groups is 1. The van der Waals surface area contributed by atoms with E-state index in [2.05, 4.69) is 4.98 Å². The minimum absolute atomic E-state index is 0.0938. The van der Waals surface area contributed by atoms with E-state index in [-0.39, 0.29) is 12.0 Å². The molecule has 3 rings (SSSR count). The van der Waals surface area contributed by atoms with Crippen LogP contribution in [0.5, 0.6) is 0 Å². The van der Waals surface area contributed by atoms with Crippen LogP contribution in [0.2, 0.25) is 0 Å². The molecule has 1 atom stereocenters. The maximum atomic E-state index is 12.7. The maximum Gasteiger partial charge on any atom is 0.253 e. The minimum Gasteiger partial charge on any atom is -0.377 e. The molecule has 1 saturated heterocycles. The van der Waals surface area contributed by atoms with Gasteiger partial charge in [-0.1, -0.05) is 12.1 Å². The first-order valence-corrected chi connectivity index (χ1v) is 8.98. The van der Waals surface area contributed by atoms with E-state index in [1.165, 1.54) is 0 Å². The Labute approximate surface area is 141 Å². The Bertz CT molecular complexity index is 664. The number of rotatable bonds is 4. The van der Waals surface area contributed by atoms with Gasteiger partial charge in [0, 0.05) is 41.9 Å². The predicted molar refractivity (Wildman–Crippen MR) is 92.8 cm³/mol. The van der Waals surface area contributed by atoms with Crippen molar-refractivity contribution in [2.24, 2.45) is 0 Å². The van der Waals surface area contributed by atoms with E-state index in [1.54, 1.807) is 11.3 Å². The van der Waals surface area contributed by atoms with Crippen molar-refractivity contribution < 1.29 is 9.53 Å². The monoisotopic (exact) mass is 330 g/mol. The summed E-state index contributed by atoms with van der Waals surface area (Å²) in [4.78, 5) is 19.1. The molecule has 0 unspecified atom stereocenters. The van der Waals surface area contributed by atoms with Crippen molar-refractivity contribution >= 4 is 17.2 Å². The molecular weight excluding hydrogens is 308 g/mol. The topological polar surface area (TPSA) is 42.4 Å². The number of benzene rings is 1. The van der Waals surface area contributed by atoms with Crippen molar-refractivity contribution in [3.8, 4) is 10.6 Å². The van der Waals surface area contributed by atoms with Crippen LogP contribution in [0.25, 0.3) is 10.6 Å². The highest BCUT2D eigenvalue weighted by Gasteiger charge is 2.24. The van der Waals surface area contributed by atoms with Crippen LogP contribution in [0.3, 0.4) is 0 Å². The quantitative estimate of drug-likeness (QED) is 0.857. The number of aryl methyl sites for hydroxylation is 1. The second kappa shape index (κ2) is 7.23. The van der Waals surface area contributed by atoms with Gasteiger partial charge in [0.05, 0.1) is 6.10 Å². The third-order valence-corrected chi connectivity index (χ3v) is 5.07. The molecule has 0 aliphatic carbocycles. The number of aromatic nitrogens is 1. The fourth-order valence-corrected chi connectivity index (χ4v) is 3.72. The Balaban J connectivity index is 1.70. The fourth-order valence-electron chi connectivity index (χ4n) is 2.92.